The smallest absolute Gasteiger partial charge is 0.508 e. The van der Waals surface area contributed by atoms with Crippen LogP contribution < -0.4 is 4.74 Å². The van der Waals surface area contributed by atoms with E-state index in [1.54, 1.807) is 53.7 Å². The zero-order valence-electron chi connectivity index (χ0n) is 19.3. The molecule has 0 heterocycles. The molecule has 0 saturated carbocycles. The molecule has 0 aromatic heterocycles. The highest BCUT2D eigenvalue weighted by atomic mass is 127. The number of phenolic OH excluding ortho intramolecular Hbond substituents is 1. The Hall–Kier alpha value is -1.96. The van der Waals surface area contributed by atoms with Crippen LogP contribution in [0.25, 0.3) is 0 Å². The van der Waals surface area contributed by atoms with Gasteiger partial charge in [-0.25, -0.2) is 9.59 Å². The third kappa shape index (κ3) is 9.43. The molecule has 0 aliphatic heterocycles. The zero-order valence-corrected chi connectivity index (χ0v) is 23.6. The van der Waals surface area contributed by atoms with Crippen LogP contribution >= 0.6 is 45.2 Å². The Labute approximate surface area is 220 Å². The van der Waals surface area contributed by atoms with Gasteiger partial charge in [0.25, 0.3) is 0 Å². The van der Waals surface area contributed by atoms with Crippen LogP contribution in [0.1, 0.15) is 47.1 Å². The minimum absolute atomic E-state index is 0.0559. The molecule has 0 saturated heterocycles. The van der Waals surface area contributed by atoms with Gasteiger partial charge in [0.1, 0.15) is 22.7 Å². The maximum atomic E-state index is 12.7. The molecule has 0 aliphatic carbocycles. The van der Waals surface area contributed by atoms with E-state index < -0.39 is 23.5 Å². The first-order valence-electron chi connectivity index (χ1n) is 9.99. The van der Waals surface area contributed by atoms with E-state index in [0.29, 0.717) is 17.1 Å². The van der Waals surface area contributed by atoms with Crippen LogP contribution in [0.2, 0.25) is 0 Å². The molecule has 1 amide bonds. The molecule has 2 rings (SSSR count). The number of rotatable bonds is 4. The van der Waals surface area contributed by atoms with E-state index in [1.807, 2.05) is 12.1 Å². The maximum Gasteiger partial charge on any atom is 0.534 e. The van der Waals surface area contributed by atoms with Crippen LogP contribution in [0.5, 0.6) is 17.2 Å². The first-order valence-corrected chi connectivity index (χ1v) is 12.1. The second-order valence-electron chi connectivity index (χ2n) is 9.06. The van der Waals surface area contributed by atoms with E-state index >= 15 is 0 Å². The fraction of sp³-hybridized carbons (Fsp3) is 0.391. The lowest BCUT2D eigenvalue weighted by Crippen LogP contribution is -2.39. The second kappa shape index (κ2) is 11.0. The summed E-state index contributed by atoms with van der Waals surface area (Å²) in [5, 5.41) is 10.3. The number of hydrogen-bond donors (Lipinski definition) is 1. The molecular weight excluding hydrogens is 656 g/mol. The van der Waals surface area contributed by atoms with Crippen molar-refractivity contribution in [3.63, 3.8) is 0 Å². The summed E-state index contributed by atoms with van der Waals surface area (Å²) in [6, 6.07) is 10.0. The number of hydroxylamine groups is 2. The summed E-state index contributed by atoms with van der Waals surface area (Å²) in [7, 11) is 0. The van der Waals surface area contributed by atoms with Crippen molar-refractivity contribution in [1.29, 1.82) is 0 Å². The van der Waals surface area contributed by atoms with Crippen LogP contribution in [-0.2, 0) is 20.9 Å². The molecule has 8 nitrogen and oxygen atoms in total. The molecule has 0 atom stereocenters. The molecule has 0 fully saturated rings. The van der Waals surface area contributed by atoms with E-state index in [9.17, 15) is 14.7 Å². The number of carbonyl (C=O) groups is 2. The average molecular weight is 683 g/mol. The first kappa shape index (κ1) is 27.3. The standard InChI is InChI=1S/C23H27I2NO7/c1-22(2,3)31-20(28)26(33-21(29)32-23(4,5)6)13-14-11-17(24)19(18(25)12-14)30-16-9-7-15(27)8-10-16/h7-12,27H,13H2,1-6H3. The Bertz CT molecular complexity index is 972. The van der Waals surface area contributed by atoms with E-state index in [1.165, 1.54) is 12.1 Å². The van der Waals surface area contributed by atoms with Crippen molar-refractivity contribution in [3.05, 3.63) is 49.1 Å². The monoisotopic (exact) mass is 683 g/mol. The Morgan fingerprint density at radius 3 is 1.91 bits per heavy atom. The maximum absolute atomic E-state index is 12.7. The van der Waals surface area contributed by atoms with Gasteiger partial charge in [-0.3, -0.25) is 4.84 Å². The molecule has 1 N–H and O–H groups in total. The third-order valence-electron chi connectivity index (χ3n) is 3.61. The number of phenols is 1. The summed E-state index contributed by atoms with van der Waals surface area (Å²) in [6.45, 7) is 10.2. The van der Waals surface area contributed by atoms with E-state index in [4.69, 9.17) is 19.0 Å². The van der Waals surface area contributed by atoms with Gasteiger partial charge in [-0.2, -0.15) is 0 Å². The van der Waals surface area contributed by atoms with Crippen molar-refractivity contribution >= 4 is 57.4 Å². The molecule has 0 aliphatic rings. The van der Waals surface area contributed by atoms with Gasteiger partial charge < -0.3 is 19.3 Å². The highest BCUT2D eigenvalue weighted by molar-refractivity contribution is 14.1. The molecule has 0 radical (unpaired) electrons. The van der Waals surface area contributed by atoms with Crippen LogP contribution in [0.15, 0.2) is 36.4 Å². The SMILES string of the molecule is CC(C)(C)OC(=O)ON(Cc1cc(I)c(Oc2ccc(O)cc2)c(I)c1)C(=O)OC(C)(C)C. The predicted molar refractivity (Wildman–Crippen MR) is 139 cm³/mol. The number of hydrogen-bond acceptors (Lipinski definition) is 7. The van der Waals surface area contributed by atoms with E-state index in [-0.39, 0.29) is 12.3 Å². The Morgan fingerprint density at radius 1 is 0.909 bits per heavy atom. The largest absolute Gasteiger partial charge is 0.534 e. The summed E-state index contributed by atoms with van der Waals surface area (Å²) in [6.07, 6.45) is -1.83. The molecule has 10 heteroatoms. The molecule has 0 spiro atoms. The lowest BCUT2D eigenvalue weighted by Gasteiger charge is -2.27. The summed E-state index contributed by atoms with van der Waals surface area (Å²) in [5.74, 6) is 1.34. The Kier molecular flexibility index (Phi) is 9.08. The van der Waals surface area contributed by atoms with Gasteiger partial charge >= 0.3 is 12.2 Å². The summed E-state index contributed by atoms with van der Waals surface area (Å²) in [4.78, 5) is 30.1. The van der Waals surface area contributed by atoms with Crippen LogP contribution in [-0.4, -0.2) is 33.6 Å². The number of ether oxygens (including phenoxy) is 3. The van der Waals surface area contributed by atoms with Crippen LogP contribution in [0.3, 0.4) is 0 Å². The highest BCUT2D eigenvalue weighted by Crippen LogP contribution is 2.34. The van der Waals surface area contributed by atoms with Crippen molar-refractivity contribution < 1.29 is 33.7 Å². The minimum Gasteiger partial charge on any atom is -0.508 e. The van der Waals surface area contributed by atoms with Crippen molar-refractivity contribution in [2.75, 3.05) is 0 Å². The average Bonchev–Trinajstić information content (AvgIpc) is 2.63. The molecule has 0 unspecified atom stereocenters. The number of aromatic hydroxyl groups is 1. The fourth-order valence-electron chi connectivity index (χ4n) is 2.40. The van der Waals surface area contributed by atoms with Crippen molar-refractivity contribution in [2.45, 2.75) is 59.3 Å². The Morgan fingerprint density at radius 2 is 1.42 bits per heavy atom. The van der Waals surface area contributed by atoms with Gasteiger partial charge in [0.2, 0.25) is 0 Å². The van der Waals surface area contributed by atoms with Gasteiger partial charge in [-0.05, 0) is 129 Å². The predicted octanol–water partition coefficient (Wildman–Crippen LogP) is 7.00. The van der Waals surface area contributed by atoms with Crippen molar-refractivity contribution in [1.82, 2.24) is 5.06 Å². The highest BCUT2D eigenvalue weighted by Gasteiger charge is 2.28. The van der Waals surface area contributed by atoms with Crippen molar-refractivity contribution in [3.8, 4) is 17.2 Å². The lowest BCUT2D eigenvalue weighted by molar-refractivity contribution is -0.140. The number of nitrogens with zero attached hydrogens (tertiary/aromatic N) is 1. The molecule has 180 valence electrons. The number of benzene rings is 2. The number of carbonyl (C=O) groups excluding carboxylic acids is 2. The molecular formula is C23H27I2NO7. The van der Waals surface area contributed by atoms with Gasteiger partial charge in [0, 0.05) is 0 Å². The molecule has 0 bridgehead atoms. The van der Waals surface area contributed by atoms with E-state index in [2.05, 4.69) is 45.2 Å². The van der Waals surface area contributed by atoms with Crippen LogP contribution in [0.4, 0.5) is 9.59 Å². The Balaban J connectivity index is 2.25. The fourth-order valence-corrected chi connectivity index (χ4v) is 4.52. The second-order valence-corrected chi connectivity index (χ2v) is 11.4. The third-order valence-corrected chi connectivity index (χ3v) is 5.21. The molecule has 33 heavy (non-hydrogen) atoms. The van der Waals surface area contributed by atoms with Gasteiger partial charge in [0.05, 0.1) is 13.7 Å². The normalized spacial score (nSPS) is 11.5. The first-order chi connectivity index (χ1) is 15.1. The zero-order chi connectivity index (χ0) is 25.0. The minimum atomic E-state index is -1.01. The van der Waals surface area contributed by atoms with Gasteiger partial charge in [0.15, 0.2) is 5.75 Å². The summed E-state index contributed by atoms with van der Waals surface area (Å²) in [5.41, 5.74) is -0.873. The van der Waals surface area contributed by atoms with Crippen LogP contribution in [0, 0.1) is 7.14 Å². The summed E-state index contributed by atoms with van der Waals surface area (Å²) >= 11 is 4.26. The van der Waals surface area contributed by atoms with E-state index in [0.717, 1.165) is 12.2 Å². The summed E-state index contributed by atoms with van der Waals surface area (Å²) < 4.78 is 18.1. The molecule has 2 aromatic carbocycles. The molecule has 2 aromatic rings. The van der Waals surface area contributed by atoms with Gasteiger partial charge in [-0.15, -0.1) is 5.06 Å². The topological polar surface area (TPSA) is 94.5 Å². The van der Waals surface area contributed by atoms with Gasteiger partial charge in [-0.1, -0.05) is 0 Å². The number of halogens is 2. The quantitative estimate of drug-likeness (QED) is 0.211. The van der Waals surface area contributed by atoms with Crippen molar-refractivity contribution in [2.24, 2.45) is 0 Å². The lowest BCUT2D eigenvalue weighted by atomic mass is 10.2. The number of amides is 1.